The molecular formula is C25H25N3O2S. The number of thiazole rings is 1. The molecule has 2 amide bonds. The molecule has 4 fully saturated rings. The molecule has 3 aromatic rings. The largest absolute Gasteiger partial charge is 0.322 e. The Labute approximate surface area is 185 Å². The minimum Gasteiger partial charge on any atom is -0.322 e. The zero-order chi connectivity index (χ0) is 21.0. The van der Waals surface area contributed by atoms with E-state index >= 15 is 0 Å². The van der Waals surface area contributed by atoms with Gasteiger partial charge >= 0.3 is 0 Å². The van der Waals surface area contributed by atoms with Crippen molar-refractivity contribution in [3.05, 3.63) is 54.1 Å². The lowest BCUT2D eigenvalue weighted by molar-refractivity contribution is -0.140. The third-order valence-electron chi connectivity index (χ3n) is 7.42. The molecule has 1 aromatic heterocycles. The Morgan fingerprint density at radius 3 is 2.26 bits per heavy atom. The Balaban J connectivity index is 1.20. The van der Waals surface area contributed by atoms with E-state index in [2.05, 4.69) is 15.6 Å². The quantitative estimate of drug-likeness (QED) is 0.556. The van der Waals surface area contributed by atoms with Crippen LogP contribution in [-0.2, 0) is 4.79 Å². The van der Waals surface area contributed by atoms with Gasteiger partial charge in [-0.1, -0.05) is 29.5 Å². The molecule has 0 aliphatic heterocycles. The van der Waals surface area contributed by atoms with Crippen LogP contribution in [0.4, 0.5) is 10.8 Å². The summed E-state index contributed by atoms with van der Waals surface area (Å²) in [6.07, 6.45) is 7.09. The van der Waals surface area contributed by atoms with Crippen LogP contribution in [0.5, 0.6) is 0 Å². The van der Waals surface area contributed by atoms with Crippen molar-refractivity contribution < 1.29 is 9.59 Å². The van der Waals surface area contributed by atoms with Gasteiger partial charge in [0.2, 0.25) is 5.91 Å². The maximum Gasteiger partial charge on any atom is 0.255 e. The number of hydrogen-bond donors (Lipinski definition) is 2. The molecule has 4 aliphatic rings. The minimum absolute atomic E-state index is 0.152. The van der Waals surface area contributed by atoms with Crippen molar-refractivity contribution in [3.63, 3.8) is 0 Å². The monoisotopic (exact) mass is 431 g/mol. The average molecular weight is 432 g/mol. The summed E-state index contributed by atoms with van der Waals surface area (Å²) in [4.78, 5) is 30.5. The first-order valence-electron chi connectivity index (χ1n) is 11.1. The highest BCUT2D eigenvalue weighted by atomic mass is 32.1. The van der Waals surface area contributed by atoms with Gasteiger partial charge in [-0.2, -0.15) is 0 Å². The van der Waals surface area contributed by atoms with E-state index in [4.69, 9.17) is 0 Å². The molecule has 2 N–H and O–H groups in total. The lowest BCUT2D eigenvalue weighted by Crippen LogP contribution is -2.51. The summed E-state index contributed by atoms with van der Waals surface area (Å²) >= 11 is 1.44. The van der Waals surface area contributed by atoms with Crippen LogP contribution in [0.3, 0.4) is 0 Å². The summed E-state index contributed by atoms with van der Waals surface area (Å²) in [7, 11) is 0. The zero-order valence-electron chi connectivity index (χ0n) is 17.3. The molecular weight excluding hydrogens is 406 g/mol. The third kappa shape index (κ3) is 3.43. The molecule has 0 spiro atoms. The fourth-order valence-corrected chi connectivity index (χ4v) is 7.36. The number of carbonyl (C=O) groups excluding carboxylic acids is 2. The third-order valence-corrected chi connectivity index (χ3v) is 8.36. The van der Waals surface area contributed by atoms with Crippen molar-refractivity contribution in [2.75, 3.05) is 10.6 Å². The molecule has 7 rings (SSSR count). The Kier molecular flexibility index (Phi) is 4.39. The minimum atomic E-state index is -0.187. The predicted octanol–water partition coefficient (Wildman–Crippen LogP) is 5.70. The number of nitrogens with zero attached hydrogens (tertiary/aromatic N) is 1. The van der Waals surface area contributed by atoms with E-state index in [1.165, 1.54) is 30.6 Å². The topological polar surface area (TPSA) is 71.1 Å². The van der Waals surface area contributed by atoms with E-state index in [0.29, 0.717) is 10.7 Å². The number of rotatable bonds is 4. The highest BCUT2D eigenvalue weighted by Crippen LogP contribution is 2.60. The summed E-state index contributed by atoms with van der Waals surface area (Å²) in [5.41, 5.74) is 1.97. The summed E-state index contributed by atoms with van der Waals surface area (Å²) in [6, 6.07) is 14.9. The van der Waals surface area contributed by atoms with Crippen molar-refractivity contribution in [3.8, 4) is 0 Å². The van der Waals surface area contributed by atoms with Crippen molar-refractivity contribution in [2.24, 2.45) is 23.2 Å². The van der Waals surface area contributed by atoms with Gasteiger partial charge in [-0.05, 0) is 86.6 Å². The zero-order valence-corrected chi connectivity index (χ0v) is 18.1. The first kappa shape index (κ1) is 19.0. The molecule has 31 heavy (non-hydrogen) atoms. The van der Waals surface area contributed by atoms with Crippen LogP contribution < -0.4 is 10.6 Å². The highest BCUT2D eigenvalue weighted by Gasteiger charge is 2.54. The smallest absolute Gasteiger partial charge is 0.255 e. The second kappa shape index (κ2) is 7.16. The number of amides is 2. The molecule has 1 heterocycles. The average Bonchev–Trinajstić information content (AvgIpc) is 3.15. The fourth-order valence-electron chi connectivity index (χ4n) is 6.46. The number of aromatic nitrogens is 1. The van der Waals surface area contributed by atoms with Gasteiger partial charge in [-0.25, -0.2) is 4.98 Å². The molecule has 2 aromatic carbocycles. The number of nitrogens with one attached hydrogen (secondary N) is 2. The molecule has 0 saturated heterocycles. The van der Waals surface area contributed by atoms with E-state index in [1.807, 2.05) is 42.5 Å². The molecule has 158 valence electrons. The van der Waals surface area contributed by atoms with Crippen LogP contribution in [-0.4, -0.2) is 16.8 Å². The second-order valence-electron chi connectivity index (χ2n) is 9.67. The lowest BCUT2D eigenvalue weighted by Gasteiger charge is -2.55. The van der Waals surface area contributed by atoms with Gasteiger partial charge in [0.25, 0.3) is 5.91 Å². The van der Waals surface area contributed by atoms with Gasteiger partial charge in [-0.3, -0.25) is 9.59 Å². The van der Waals surface area contributed by atoms with E-state index in [9.17, 15) is 9.59 Å². The molecule has 4 saturated carbocycles. The summed E-state index contributed by atoms with van der Waals surface area (Å²) in [5, 5.41) is 6.69. The van der Waals surface area contributed by atoms with Crippen LogP contribution in [0.2, 0.25) is 0 Å². The molecule has 0 radical (unpaired) electrons. The molecule has 0 unspecified atom stereocenters. The van der Waals surface area contributed by atoms with Gasteiger partial charge in [0.05, 0.1) is 15.6 Å². The molecule has 5 nitrogen and oxygen atoms in total. The first-order chi connectivity index (χ1) is 15.1. The van der Waals surface area contributed by atoms with Gasteiger partial charge in [0.15, 0.2) is 5.13 Å². The highest BCUT2D eigenvalue weighted by molar-refractivity contribution is 7.22. The Morgan fingerprint density at radius 2 is 1.58 bits per heavy atom. The van der Waals surface area contributed by atoms with Gasteiger partial charge in [-0.15, -0.1) is 0 Å². The number of fused-ring (bicyclic) bond motifs is 1. The molecule has 0 atom stereocenters. The van der Waals surface area contributed by atoms with Gasteiger partial charge < -0.3 is 10.6 Å². The summed E-state index contributed by atoms with van der Waals surface area (Å²) in [5.74, 6) is 2.21. The van der Waals surface area contributed by atoms with Crippen LogP contribution in [0.15, 0.2) is 48.5 Å². The lowest BCUT2D eigenvalue weighted by atomic mass is 9.49. The molecule has 6 heteroatoms. The van der Waals surface area contributed by atoms with Gasteiger partial charge in [0.1, 0.15) is 0 Å². The summed E-state index contributed by atoms with van der Waals surface area (Å²) in [6.45, 7) is 0. The van der Waals surface area contributed by atoms with Crippen molar-refractivity contribution in [1.82, 2.24) is 4.98 Å². The van der Waals surface area contributed by atoms with Crippen molar-refractivity contribution >= 4 is 44.2 Å². The molecule has 4 aliphatic carbocycles. The maximum atomic E-state index is 13.3. The predicted molar refractivity (Wildman–Crippen MR) is 123 cm³/mol. The van der Waals surface area contributed by atoms with E-state index < -0.39 is 0 Å². The van der Waals surface area contributed by atoms with E-state index in [-0.39, 0.29) is 17.2 Å². The van der Waals surface area contributed by atoms with E-state index in [1.54, 1.807) is 6.07 Å². The Hall–Kier alpha value is -2.73. The normalized spacial score (nSPS) is 28.6. The number of para-hydroxylation sites is 1. The Bertz CT molecular complexity index is 1130. The fraction of sp³-hybridized carbons (Fsp3) is 0.400. The van der Waals surface area contributed by atoms with Crippen molar-refractivity contribution in [2.45, 2.75) is 38.5 Å². The number of carbonyl (C=O) groups is 2. The number of hydrogen-bond acceptors (Lipinski definition) is 4. The van der Waals surface area contributed by atoms with Crippen LogP contribution >= 0.6 is 11.3 Å². The van der Waals surface area contributed by atoms with Crippen LogP contribution in [0, 0.1) is 23.2 Å². The number of benzene rings is 2. The van der Waals surface area contributed by atoms with Crippen LogP contribution in [0.1, 0.15) is 48.9 Å². The SMILES string of the molecule is O=C(Nc1ccccc1)c1ccc2nc(NC(=O)C34CC5CC(CC(C5)C3)C4)sc2c1. The van der Waals surface area contributed by atoms with Crippen molar-refractivity contribution in [1.29, 1.82) is 0 Å². The second-order valence-corrected chi connectivity index (χ2v) is 10.7. The Morgan fingerprint density at radius 1 is 0.903 bits per heavy atom. The van der Waals surface area contributed by atoms with E-state index in [0.717, 1.165) is 52.9 Å². The summed E-state index contributed by atoms with van der Waals surface area (Å²) < 4.78 is 0.904. The van der Waals surface area contributed by atoms with Gasteiger partial charge in [0, 0.05) is 11.3 Å². The molecule has 4 bridgehead atoms. The maximum absolute atomic E-state index is 13.3. The standard InChI is InChI=1S/C25H25N3O2S/c29-22(26-19-4-2-1-3-5-19)18-6-7-20-21(11-18)31-24(27-20)28-23(30)25-12-15-8-16(13-25)10-17(9-15)14-25/h1-7,11,15-17H,8-10,12-14H2,(H,26,29)(H,27,28,30). The number of anilines is 2. The first-order valence-corrected chi connectivity index (χ1v) is 12.0. The van der Waals surface area contributed by atoms with Crippen LogP contribution in [0.25, 0.3) is 10.2 Å².